The highest BCUT2D eigenvalue weighted by atomic mass is 14.3. The van der Waals surface area contributed by atoms with E-state index in [4.69, 9.17) is 220 Å². The van der Waals surface area contributed by atoms with Gasteiger partial charge in [0.15, 0.2) is 0 Å². The van der Waals surface area contributed by atoms with Crippen LogP contribution in [0.4, 0.5) is 0 Å². The second-order valence-electron chi connectivity index (χ2n) is 17.6. The highest BCUT2D eigenvalue weighted by molar-refractivity contribution is 6.78. The fourth-order valence-corrected chi connectivity index (χ4v) is 10.3. The van der Waals surface area contributed by atoms with E-state index < -0.39 is 0 Å². The first-order chi connectivity index (χ1) is 33.5. The number of hydrogen-bond acceptors (Lipinski definition) is 0. The molecule has 56 radical (unpaired) electrons. The molecule has 0 spiro atoms. The number of hydrogen-bond donors (Lipinski definition) is 0. The Hall–Kier alpha value is -3.90. The van der Waals surface area contributed by atoms with E-state index in [2.05, 4.69) is 0 Å². The largest absolute Gasteiger partial charge is 0.115 e. The molecule has 9 aromatic carbocycles. The van der Waals surface area contributed by atoms with Crippen molar-refractivity contribution in [3.05, 3.63) is 0 Å². The zero-order valence-electron chi connectivity index (χ0n) is 38.2. The molecule has 0 atom stereocenters. The summed E-state index contributed by atoms with van der Waals surface area (Å²) in [6, 6.07) is 0. The Morgan fingerprint density at radius 3 is 0.486 bits per heavy atom. The Bertz CT molecular complexity index is 4110. The van der Waals surface area contributed by atoms with Crippen LogP contribution >= 0.6 is 0 Å². The van der Waals surface area contributed by atoms with Crippen LogP contribution in [0.2, 0.25) is 0 Å². The maximum atomic E-state index is 7.62. The van der Waals surface area contributed by atoms with E-state index in [0.29, 0.717) is 0 Å². The van der Waals surface area contributed by atoms with Crippen molar-refractivity contribution in [3.8, 4) is 33.4 Å². The molecule has 0 N–H and O–H groups in total. The summed E-state index contributed by atoms with van der Waals surface area (Å²) in [6.45, 7) is 0. The molecule has 0 bridgehead atoms. The number of benzene rings is 9. The predicted molar refractivity (Wildman–Crippen MR) is 341 cm³/mol. The van der Waals surface area contributed by atoms with Gasteiger partial charge in [0.1, 0.15) is 220 Å². The van der Waals surface area contributed by atoms with Crippen LogP contribution in [0.25, 0.3) is 87.2 Å². The average molecular weight is 831 g/mol. The zero-order valence-corrected chi connectivity index (χ0v) is 38.2. The molecule has 0 saturated heterocycles. The lowest BCUT2D eigenvalue weighted by Crippen LogP contribution is -2.53. The summed E-state index contributed by atoms with van der Waals surface area (Å²) in [5.41, 5.74) is -5.29. The van der Waals surface area contributed by atoms with E-state index in [1.54, 1.807) is 0 Å². The van der Waals surface area contributed by atoms with Gasteiger partial charge in [-0.2, -0.15) is 0 Å². The predicted octanol–water partition coefficient (Wildman–Crippen LogP) is -21.3. The van der Waals surface area contributed by atoms with Gasteiger partial charge in [0.05, 0.1) is 0 Å². The van der Waals surface area contributed by atoms with E-state index in [1.165, 1.54) is 0 Å². The van der Waals surface area contributed by atoms with Crippen LogP contribution in [-0.2, 0) is 0 Å². The van der Waals surface area contributed by atoms with Crippen LogP contribution in [0.5, 0.6) is 0 Å². The van der Waals surface area contributed by atoms with Crippen LogP contribution in [0.3, 0.4) is 0 Å². The van der Waals surface area contributed by atoms with Crippen LogP contribution in [0, 0.1) is 0 Å². The molecule has 0 nitrogen and oxygen atoms in total. The summed E-state index contributed by atoms with van der Waals surface area (Å²) in [5, 5.41) is -0.0489. The third kappa shape index (κ3) is 6.72. The molecule has 260 valence electrons. The normalized spacial score (nSPS) is 11.8. The molecular formula is C44B28. The molecule has 0 fully saturated rings. The monoisotopic (exact) mass is 836 g/mol. The van der Waals surface area contributed by atoms with Crippen molar-refractivity contribution in [2.24, 2.45) is 0 Å². The van der Waals surface area contributed by atoms with Gasteiger partial charge >= 0.3 is 0 Å². The van der Waals surface area contributed by atoms with Gasteiger partial charge in [0, 0.05) is 0 Å². The van der Waals surface area contributed by atoms with E-state index in [-0.39, 0.29) is 240 Å². The Morgan fingerprint density at radius 1 is 0.0833 bits per heavy atom. The number of fused-ring (bicyclic) bond motifs is 5. The highest BCUT2D eigenvalue weighted by Crippen LogP contribution is 2.40. The van der Waals surface area contributed by atoms with Gasteiger partial charge in [-0.25, -0.2) is 0 Å². The summed E-state index contributed by atoms with van der Waals surface area (Å²) < 4.78 is 0. The van der Waals surface area contributed by atoms with Crippen molar-refractivity contribution in [1.29, 1.82) is 0 Å². The Kier molecular flexibility index (Phi) is 13.1. The van der Waals surface area contributed by atoms with Crippen LogP contribution in [0.1, 0.15) is 0 Å². The van der Waals surface area contributed by atoms with Crippen molar-refractivity contribution in [2.75, 3.05) is 0 Å². The van der Waals surface area contributed by atoms with Gasteiger partial charge in [-0.1, -0.05) is 104 Å². The smallest absolute Gasteiger partial charge is 0.110 e. The van der Waals surface area contributed by atoms with Crippen molar-refractivity contribution in [3.63, 3.8) is 0 Å². The summed E-state index contributed by atoms with van der Waals surface area (Å²) in [4.78, 5) is 0. The SMILES string of the molecule is [B]c1c([B])c([B])c2c([B])c(-c3c4c([B])c([B])c([B])c([B])c4c(-c4c([B])c([B])c5c([B])c([B])c([B])c([B])c5c4[B])c4c([B])c(-c5c([B])c([B])c([B])c6c([B])c([B])c([B])c([B])c56)c([B])c([B])c34)c([B])c([B])c2c1[B]. The molecule has 0 aliphatic heterocycles. The maximum absolute atomic E-state index is 7.62. The van der Waals surface area contributed by atoms with E-state index in [1.807, 2.05) is 0 Å². The molecule has 0 unspecified atom stereocenters. The minimum absolute atomic E-state index is 0.0158. The third-order valence-corrected chi connectivity index (χ3v) is 14.1. The van der Waals surface area contributed by atoms with Crippen molar-refractivity contribution in [2.45, 2.75) is 0 Å². The molecule has 9 aromatic rings. The Morgan fingerprint density at radius 2 is 0.208 bits per heavy atom. The van der Waals surface area contributed by atoms with Crippen LogP contribution in [0.15, 0.2) is 0 Å². The minimum Gasteiger partial charge on any atom is -0.110 e. The maximum Gasteiger partial charge on any atom is 0.115 e. The zero-order chi connectivity index (χ0) is 53.4. The van der Waals surface area contributed by atoms with E-state index in [0.717, 1.165) is 0 Å². The first-order valence-electron chi connectivity index (χ1n) is 21.1. The lowest BCUT2D eigenvalue weighted by Gasteiger charge is -2.34. The summed E-state index contributed by atoms with van der Waals surface area (Å²) in [7, 11) is 191. The topological polar surface area (TPSA) is 0 Å². The number of rotatable bonds is 3. The third-order valence-electron chi connectivity index (χ3n) is 14.1. The lowest BCUT2D eigenvalue weighted by atomic mass is 9.55. The molecule has 9 rings (SSSR count). The van der Waals surface area contributed by atoms with Gasteiger partial charge in [0.2, 0.25) is 0 Å². The molecule has 0 aliphatic carbocycles. The van der Waals surface area contributed by atoms with Crippen LogP contribution in [-0.4, -0.2) is 220 Å². The van der Waals surface area contributed by atoms with Gasteiger partial charge in [-0.15, -0.1) is 49.2 Å². The van der Waals surface area contributed by atoms with E-state index >= 15 is 0 Å². The molecule has 0 aromatic heterocycles. The molecule has 28 heteroatoms. The standard InChI is InChI=1S/C44B28/c45-17-3-1(9-18(46)13-15(28(56)25(9)53)34(62)43(71)41(69)32(13)60)5-6(22(50)38(66)37(65)21(5)49)2(10-19(47)14-16(29(57)26(10)54)35(63)44(72)42(70)33(14)61)4(3)20(48)27(55)11(17)7-8-12(30(58)36(64)23(7)51)31(59)40(68)39(67)24(8)52. The second kappa shape index (κ2) is 17.9. The van der Waals surface area contributed by atoms with Gasteiger partial charge in [-0.3, -0.25) is 0 Å². The first kappa shape index (κ1) is 52.9. The Labute approximate surface area is 456 Å². The van der Waals surface area contributed by atoms with Crippen molar-refractivity contribution in [1.82, 2.24) is 0 Å². The summed E-state index contributed by atoms with van der Waals surface area (Å²) in [6.07, 6.45) is 0. The fourth-order valence-electron chi connectivity index (χ4n) is 10.3. The second-order valence-corrected chi connectivity index (χ2v) is 17.6. The molecule has 0 heterocycles. The molecule has 0 amide bonds. The Balaban J connectivity index is 1.72. The fraction of sp³-hybridized carbons (Fsp3) is 0. The molecule has 72 heavy (non-hydrogen) atoms. The molecular weight excluding hydrogens is 831 g/mol. The average Bonchev–Trinajstić information content (AvgIpc) is 3.34. The van der Waals surface area contributed by atoms with Crippen LogP contribution < -0.4 is 153 Å². The van der Waals surface area contributed by atoms with Crippen molar-refractivity contribution < 1.29 is 0 Å². The lowest BCUT2D eigenvalue weighted by molar-refractivity contribution is 1.84. The first-order valence-corrected chi connectivity index (χ1v) is 21.1. The van der Waals surface area contributed by atoms with Gasteiger partial charge in [0.25, 0.3) is 0 Å². The molecule has 0 aliphatic rings. The summed E-state index contributed by atoms with van der Waals surface area (Å²) >= 11 is 0. The molecule has 0 saturated carbocycles. The van der Waals surface area contributed by atoms with Gasteiger partial charge in [-0.05, 0) is 87.2 Å². The van der Waals surface area contributed by atoms with Gasteiger partial charge < -0.3 is 0 Å². The minimum atomic E-state index is -0.285. The highest BCUT2D eigenvalue weighted by Gasteiger charge is 2.31. The quantitative estimate of drug-likeness (QED) is 0.123. The van der Waals surface area contributed by atoms with Crippen molar-refractivity contribution >= 4 is 427 Å². The summed E-state index contributed by atoms with van der Waals surface area (Å²) in [5.74, 6) is 0. The van der Waals surface area contributed by atoms with E-state index in [9.17, 15) is 0 Å².